The van der Waals surface area contributed by atoms with Gasteiger partial charge in [-0.1, -0.05) is 48.2 Å². The molecule has 0 bridgehead atoms. The van der Waals surface area contributed by atoms with Crippen LogP contribution in [0.15, 0.2) is 59.8 Å². The topological polar surface area (TPSA) is 72.3 Å². The minimum Gasteiger partial charge on any atom is -0.378 e. The fourth-order valence-corrected chi connectivity index (χ4v) is 4.14. The zero-order chi connectivity index (χ0) is 21.6. The second-order valence-corrected chi connectivity index (χ2v) is 8.52. The summed E-state index contributed by atoms with van der Waals surface area (Å²) in [6.07, 6.45) is 0. The number of morpholine rings is 1. The number of aromatic nitrogens is 3. The molecule has 1 aliphatic rings. The van der Waals surface area contributed by atoms with Crippen molar-refractivity contribution in [3.63, 3.8) is 0 Å². The highest BCUT2D eigenvalue weighted by Gasteiger charge is 2.24. The number of carbonyl (C=O) groups excluding carboxylic acids is 1. The van der Waals surface area contributed by atoms with E-state index < -0.39 is 11.1 Å². The molecule has 3 aromatic rings. The van der Waals surface area contributed by atoms with Crippen LogP contribution < -0.4 is 10.2 Å². The number of rotatable bonds is 7. The highest BCUT2D eigenvalue weighted by atomic mass is 32.2. The van der Waals surface area contributed by atoms with Crippen molar-refractivity contribution in [2.45, 2.75) is 23.9 Å². The first kappa shape index (κ1) is 21.3. The molecule has 1 N–H and O–H groups in total. The molecule has 1 atom stereocenters. The fraction of sp³-hybridized carbons (Fsp3) is 0.318. The SMILES string of the molecule is CC(Sc1nnc(N2CCOCC2)n1Cc1ccccc1)C(=O)Nc1cccc(F)c1. The molecule has 7 nitrogen and oxygen atoms in total. The van der Waals surface area contributed by atoms with Crippen LogP contribution in [-0.4, -0.2) is 52.2 Å². The normalized spacial score (nSPS) is 15.0. The van der Waals surface area contributed by atoms with Crippen molar-refractivity contribution in [3.8, 4) is 0 Å². The Balaban J connectivity index is 1.53. The Morgan fingerprint density at radius 2 is 1.94 bits per heavy atom. The summed E-state index contributed by atoms with van der Waals surface area (Å²) >= 11 is 1.33. The quantitative estimate of drug-likeness (QED) is 0.567. The summed E-state index contributed by atoms with van der Waals surface area (Å²) in [5.74, 6) is 0.154. The number of nitrogens with zero attached hydrogens (tertiary/aromatic N) is 4. The van der Waals surface area contributed by atoms with Crippen LogP contribution >= 0.6 is 11.8 Å². The summed E-state index contributed by atoms with van der Waals surface area (Å²) in [5, 5.41) is 11.8. The molecule has 4 rings (SSSR count). The Bertz CT molecular complexity index is 1020. The molecule has 0 spiro atoms. The molecule has 2 aromatic carbocycles. The molecule has 1 fully saturated rings. The first-order chi connectivity index (χ1) is 15.1. The number of carbonyl (C=O) groups is 1. The standard InChI is InChI=1S/C22H24FN5O2S/c1-16(20(29)24-19-9-5-8-18(23)14-19)31-22-26-25-21(27-10-12-30-13-11-27)28(22)15-17-6-3-2-4-7-17/h2-9,14,16H,10-13,15H2,1H3,(H,24,29). The number of anilines is 2. The first-order valence-electron chi connectivity index (χ1n) is 10.1. The van der Waals surface area contributed by atoms with E-state index in [1.165, 1.54) is 23.9 Å². The summed E-state index contributed by atoms with van der Waals surface area (Å²) in [6.45, 7) is 5.18. The third-order valence-electron chi connectivity index (χ3n) is 4.92. The van der Waals surface area contributed by atoms with Crippen molar-refractivity contribution in [1.82, 2.24) is 14.8 Å². The Labute approximate surface area is 184 Å². The molecule has 1 aromatic heterocycles. The Kier molecular flexibility index (Phi) is 6.83. The van der Waals surface area contributed by atoms with E-state index in [-0.39, 0.29) is 5.91 Å². The molecular weight excluding hydrogens is 417 g/mol. The smallest absolute Gasteiger partial charge is 0.237 e. The van der Waals surface area contributed by atoms with Gasteiger partial charge in [-0.15, -0.1) is 10.2 Å². The largest absolute Gasteiger partial charge is 0.378 e. The summed E-state index contributed by atoms with van der Waals surface area (Å²) in [5.41, 5.74) is 1.55. The predicted molar refractivity (Wildman–Crippen MR) is 119 cm³/mol. The van der Waals surface area contributed by atoms with Crippen molar-refractivity contribution in [3.05, 3.63) is 66.0 Å². The van der Waals surface area contributed by atoms with Gasteiger partial charge in [0.25, 0.3) is 0 Å². The van der Waals surface area contributed by atoms with Gasteiger partial charge in [0.05, 0.1) is 25.0 Å². The molecular formula is C22H24FN5O2S. The maximum Gasteiger partial charge on any atom is 0.237 e. The minimum atomic E-state index is -0.445. The van der Waals surface area contributed by atoms with E-state index >= 15 is 0 Å². The van der Waals surface area contributed by atoms with Gasteiger partial charge in [-0.3, -0.25) is 9.36 Å². The van der Waals surface area contributed by atoms with Crippen LogP contribution in [0.3, 0.4) is 0 Å². The van der Waals surface area contributed by atoms with Gasteiger partial charge in [0.1, 0.15) is 5.82 Å². The van der Waals surface area contributed by atoms with Crippen LogP contribution in [0.2, 0.25) is 0 Å². The van der Waals surface area contributed by atoms with Crippen molar-refractivity contribution in [1.29, 1.82) is 0 Å². The van der Waals surface area contributed by atoms with Gasteiger partial charge in [-0.25, -0.2) is 4.39 Å². The molecule has 0 aliphatic carbocycles. The van der Waals surface area contributed by atoms with E-state index in [0.717, 1.165) is 24.6 Å². The van der Waals surface area contributed by atoms with Crippen LogP contribution in [0.4, 0.5) is 16.0 Å². The molecule has 0 radical (unpaired) electrons. The van der Waals surface area contributed by atoms with Crippen LogP contribution in [0.25, 0.3) is 0 Å². The van der Waals surface area contributed by atoms with Crippen molar-refractivity contribution in [2.24, 2.45) is 0 Å². The van der Waals surface area contributed by atoms with Crippen LogP contribution in [0.5, 0.6) is 0 Å². The number of thioether (sulfide) groups is 1. The van der Waals surface area contributed by atoms with Crippen LogP contribution in [0, 0.1) is 5.82 Å². The van der Waals surface area contributed by atoms with Crippen molar-refractivity contribution in [2.75, 3.05) is 36.5 Å². The predicted octanol–water partition coefficient (Wildman–Crippen LogP) is 3.42. The average molecular weight is 442 g/mol. The average Bonchev–Trinajstić information content (AvgIpc) is 3.17. The van der Waals surface area contributed by atoms with Gasteiger partial charge >= 0.3 is 0 Å². The number of benzene rings is 2. The highest BCUT2D eigenvalue weighted by Crippen LogP contribution is 2.28. The van der Waals surface area contributed by atoms with Crippen LogP contribution in [0.1, 0.15) is 12.5 Å². The molecule has 0 saturated carbocycles. The van der Waals surface area contributed by atoms with Gasteiger partial charge < -0.3 is 15.0 Å². The fourth-order valence-electron chi connectivity index (χ4n) is 3.29. The molecule has 1 amide bonds. The van der Waals surface area contributed by atoms with Crippen molar-refractivity contribution < 1.29 is 13.9 Å². The number of hydrogen-bond donors (Lipinski definition) is 1. The Morgan fingerprint density at radius 3 is 2.68 bits per heavy atom. The molecule has 162 valence electrons. The summed E-state index contributed by atoms with van der Waals surface area (Å²) in [6, 6.07) is 15.9. The minimum absolute atomic E-state index is 0.224. The van der Waals surface area contributed by atoms with Crippen LogP contribution in [-0.2, 0) is 16.1 Å². The maximum absolute atomic E-state index is 13.4. The summed E-state index contributed by atoms with van der Waals surface area (Å²) in [4.78, 5) is 14.8. The second kappa shape index (κ2) is 9.93. The van der Waals surface area contributed by atoms with E-state index in [9.17, 15) is 9.18 Å². The van der Waals surface area contributed by atoms with Gasteiger partial charge in [-0.05, 0) is 30.7 Å². The molecule has 1 aliphatic heterocycles. The number of ether oxygens (including phenoxy) is 1. The van der Waals surface area contributed by atoms with Crippen molar-refractivity contribution >= 4 is 29.3 Å². The zero-order valence-corrected chi connectivity index (χ0v) is 18.0. The molecule has 1 saturated heterocycles. The van der Waals surface area contributed by atoms with Gasteiger partial charge in [0.15, 0.2) is 5.16 Å². The monoisotopic (exact) mass is 441 g/mol. The molecule has 9 heteroatoms. The summed E-state index contributed by atoms with van der Waals surface area (Å²) < 4.78 is 20.9. The Morgan fingerprint density at radius 1 is 1.16 bits per heavy atom. The number of nitrogens with one attached hydrogen (secondary N) is 1. The lowest BCUT2D eigenvalue weighted by Gasteiger charge is -2.28. The number of amides is 1. The second-order valence-electron chi connectivity index (χ2n) is 7.21. The van der Waals surface area contributed by atoms with Gasteiger partial charge in [0, 0.05) is 18.8 Å². The van der Waals surface area contributed by atoms with Gasteiger partial charge in [0.2, 0.25) is 11.9 Å². The van der Waals surface area contributed by atoms with E-state index in [0.29, 0.717) is 30.6 Å². The van der Waals surface area contributed by atoms with E-state index in [4.69, 9.17) is 4.74 Å². The number of halogens is 1. The first-order valence-corrected chi connectivity index (χ1v) is 11.0. The maximum atomic E-state index is 13.4. The lowest BCUT2D eigenvalue weighted by molar-refractivity contribution is -0.115. The van der Waals surface area contributed by atoms with E-state index in [2.05, 4.69) is 32.5 Å². The van der Waals surface area contributed by atoms with E-state index in [1.54, 1.807) is 19.1 Å². The molecule has 1 unspecified atom stereocenters. The van der Waals surface area contributed by atoms with Gasteiger partial charge in [-0.2, -0.15) is 0 Å². The van der Waals surface area contributed by atoms with E-state index in [1.807, 2.05) is 22.8 Å². The lowest BCUT2D eigenvalue weighted by Crippen LogP contribution is -2.38. The summed E-state index contributed by atoms with van der Waals surface area (Å²) in [7, 11) is 0. The molecule has 31 heavy (non-hydrogen) atoms. The highest BCUT2D eigenvalue weighted by molar-refractivity contribution is 8.00. The Hall–Kier alpha value is -2.91. The third kappa shape index (κ3) is 5.42. The lowest BCUT2D eigenvalue weighted by atomic mass is 10.2. The number of hydrogen-bond acceptors (Lipinski definition) is 6. The third-order valence-corrected chi connectivity index (χ3v) is 6.00. The zero-order valence-electron chi connectivity index (χ0n) is 17.2. The molecule has 2 heterocycles.